The third-order valence-corrected chi connectivity index (χ3v) is 6.35. The predicted octanol–water partition coefficient (Wildman–Crippen LogP) is 5.14. The normalized spacial score (nSPS) is 10.7. The van der Waals surface area contributed by atoms with E-state index >= 15 is 0 Å². The topological polar surface area (TPSA) is 98.1 Å². The molecule has 0 spiro atoms. The Morgan fingerprint density at radius 3 is 2.49 bits per heavy atom. The van der Waals surface area contributed by atoms with Crippen LogP contribution in [0.25, 0.3) is 5.69 Å². The van der Waals surface area contributed by atoms with Gasteiger partial charge >= 0.3 is 0 Å². The number of rotatable bonds is 10. The number of amides is 2. The lowest BCUT2D eigenvalue weighted by Crippen LogP contribution is -2.29. The molecule has 1 aromatic heterocycles. The highest BCUT2D eigenvalue weighted by Gasteiger charge is 2.17. The molecule has 8 nitrogen and oxygen atoms in total. The summed E-state index contributed by atoms with van der Waals surface area (Å²) in [5, 5.41) is 14.9. The molecule has 0 aliphatic carbocycles. The molecule has 0 fully saturated rings. The molecule has 37 heavy (non-hydrogen) atoms. The summed E-state index contributed by atoms with van der Waals surface area (Å²) in [7, 11) is 0. The molecule has 2 N–H and O–H groups in total. The first-order valence-electron chi connectivity index (χ1n) is 10.9. The predicted molar refractivity (Wildman–Crippen MR) is 141 cm³/mol. The van der Waals surface area contributed by atoms with Crippen LogP contribution < -0.4 is 15.4 Å². The SMILES string of the molecule is O=C(COc1ccc(Cl)cc1Cl)NCc1nnc(SCC(=O)Nc2ccccc2F)n1-c1ccccc1. The zero-order chi connectivity index (χ0) is 26.2. The van der Waals surface area contributed by atoms with Crippen molar-refractivity contribution in [1.29, 1.82) is 0 Å². The van der Waals surface area contributed by atoms with Crippen molar-refractivity contribution in [2.75, 3.05) is 17.7 Å². The third-order valence-electron chi connectivity index (χ3n) is 4.89. The molecule has 0 atom stereocenters. The third kappa shape index (κ3) is 7.22. The lowest BCUT2D eigenvalue weighted by atomic mass is 10.3. The molecule has 4 aromatic rings. The number of thioether (sulfide) groups is 1. The van der Waals surface area contributed by atoms with E-state index in [4.69, 9.17) is 27.9 Å². The zero-order valence-corrected chi connectivity index (χ0v) is 21.5. The molecular formula is C25H20Cl2FN5O3S. The second-order valence-electron chi connectivity index (χ2n) is 7.53. The maximum absolute atomic E-state index is 13.8. The summed E-state index contributed by atoms with van der Waals surface area (Å²) < 4.78 is 21.0. The number of aromatic nitrogens is 3. The van der Waals surface area contributed by atoms with E-state index in [-0.39, 0.29) is 24.6 Å². The van der Waals surface area contributed by atoms with Crippen molar-refractivity contribution in [2.24, 2.45) is 0 Å². The van der Waals surface area contributed by atoms with Crippen LogP contribution in [0, 0.1) is 5.82 Å². The number of ether oxygens (including phenoxy) is 1. The van der Waals surface area contributed by atoms with Crippen LogP contribution in [0.1, 0.15) is 5.82 Å². The smallest absolute Gasteiger partial charge is 0.258 e. The number of anilines is 1. The molecule has 0 bridgehead atoms. The molecule has 190 valence electrons. The fourth-order valence-electron chi connectivity index (χ4n) is 3.19. The number of benzene rings is 3. The van der Waals surface area contributed by atoms with Crippen LogP contribution in [-0.2, 0) is 16.1 Å². The van der Waals surface area contributed by atoms with Gasteiger partial charge in [0, 0.05) is 10.7 Å². The van der Waals surface area contributed by atoms with E-state index in [1.165, 1.54) is 18.2 Å². The largest absolute Gasteiger partial charge is 0.482 e. The highest BCUT2D eigenvalue weighted by Crippen LogP contribution is 2.27. The minimum Gasteiger partial charge on any atom is -0.482 e. The first kappa shape index (κ1) is 26.5. The van der Waals surface area contributed by atoms with E-state index in [0.29, 0.717) is 26.8 Å². The number of para-hydroxylation sites is 2. The number of halogens is 3. The molecule has 0 aliphatic rings. The average molecular weight is 560 g/mol. The maximum Gasteiger partial charge on any atom is 0.258 e. The Bertz CT molecular complexity index is 1400. The van der Waals surface area contributed by atoms with E-state index in [0.717, 1.165) is 17.4 Å². The van der Waals surface area contributed by atoms with E-state index in [1.807, 2.05) is 30.3 Å². The second-order valence-corrected chi connectivity index (χ2v) is 9.31. The summed E-state index contributed by atoms with van der Waals surface area (Å²) in [5.41, 5.74) is 0.848. The van der Waals surface area contributed by atoms with Gasteiger partial charge in [-0.2, -0.15) is 0 Å². The van der Waals surface area contributed by atoms with Crippen LogP contribution in [0.4, 0.5) is 10.1 Å². The lowest BCUT2D eigenvalue weighted by molar-refractivity contribution is -0.123. The molecule has 1 heterocycles. The van der Waals surface area contributed by atoms with E-state index < -0.39 is 17.6 Å². The van der Waals surface area contributed by atoms with Crippen molar-refractivity contribution >= 4 is 52.5 Å². The molecule has 2 amide bonds. The van der Waals surface area contributed by atoms with Gasteiger partial charge in [0.15, 0.2) is 17.6 Å². The van der Waals surface area contributed by atoms with Crippen LogP contribution >= 0.6 is 35.0 Å². The number of nitrogens with one attached hydrogen (secondary N) is 2. The Hall–Kier alpha value is -3.60. The summed E-state index contributed by atoms with van der Waals surface area (Å²) in [6.45, 7) is -0.209. The van der Waals surface area contributed by atoms with Crippen molar-refractivity contribution in [2.45, 2.75) is 11.7 Å². The van der Waals surface area contributed by atoms with Gasteiger partial charge < -0.3 is 15.4 Å². The number of carbonyl (C=O) groups excluding carboxylic acids is 2. The number of carbonyl (C=O) groups is 2. The Morgan fingerprint density at radius 2 is 1.73 bits per heavy atom. The van der Waals surface area contributed by atoms with Gasteiger partial charge in [0.25, 0.3) is 5.91 Å². The summed E-state index contributed by atoms with van der Waals surface area (Å²) in [6, 6.07) is 19.9. The molecule has 0 radical (unpaired) electrons. The summed E-state index contributed by atoms with van der Waals surface area (Å²) >= 11 is 13.1. The molecule has 0 saturated heterocycles. The minimum absolute atomic E-state index is 0.0264. The standard InChI is InChI=1S/C25H20Cl2FN5O3S/c26-16-10-11-21(18(27)12-16)36-14-23(34)29-13-22-31-32-25(33(22)17-6-2-1-3-7-17)37-15-24(35)30-20-9-5-4-8-19(20)28/h1-12H,13-15H2,(H,29,34)(H,30,35). The first-order valence-corrected chi connectivity index (χ1v) is 12.7. The van der Waals surface area contributed by atoms with Crippen LogP contribution in [0.5, 0.6) is 5.75 Å². The number of hydrogen-bond donors (Lipinski definition) is 2. The highest BCUT2D eigenvalue weighted by molar-refractivity contribution is 7.99. The van der Waals surface area contributed by atoms with Crippen molar-refractivity contribution in [3.8, 4) is 11.4 Å². The van der Waals surface area contributed by atoms with E-state index in [2.05, 4.69) is 20.8 Å². The van der Waals surface area contributed by atoms with E-state index in [9.17, 15) is 14.0 Å². The van der Waals surface area contributed by atoms with Gasteiger partial charge in [-0.25, -0.2) is 4.39 Å². The van der Waals surface area contributed by atoms with Gasteiger partial charge in [0.2, 0.25) is 5.91 Å². The summed E-state index contributed by atoms with van der Waals surface area (Å²) in [4.78, 5) is 24.8. The van der Waals surface area contributed by atoms with Gasteiger partial charge in [-0.15, -0.1) is 10.2 Å². The fourth-order valence-corrected chi connectivity index (χ4v) is 4.42. The van der Waals surface area contributed by atoms with Crippen LogP contribution in [-0.4, -0.2) is 38.9 Å². The molecular weight excluding hydrogens is 540 g/mol. The first-order chi connectivity index (χ1) is 17.9. The lowest BCUT2D eigenvalue weighted by Gasteiger charge is -2.12. The van der Waals surface area contributed by atoms with Crippen molar-refractivity contribution in [1.82, 2.24) is 20.1 Å². The molecule has 0 saturated carbocycles. The van der Waals surface area contributed by atoms with Gasteiger partial charge in [-0.1, -0.05) is 65.3 Å². The van der Waals surface area contributed by atoms with Crippen molar-refractivity contribution < 1.29 is 18.7 Å². The van der Waals surface area contributed by atoms with Gasteiger partial charge in [-0.05, 0) is 42.5 Å². The summed E-state index contributed by atoms with van der Waals surface area (Å²) in [5.74, 6) is -0.560. The molecule has 12 heteroatoms. The number of hydrogen-bond acceptors (Lipinski definition) is 6. The quantitative estimate of drug-likeness (QED) is 0.261. The van der Waals surface area contributed by atoms with Gasteiger partial charge in [-0.3, -0.25) is 14.2 Å². The van der Waals surface area contributed by atoms with Crippen LogP contribution in [0.2, 0.25) is 10.0 Å². The average Bonchev–Trinajstić information content (AvgIpc) is 3.30. The molecule has 0 unspecified atom stereocenters. The Labute approximate surface area is 226 Å². The Morgan fingerprint density at radius 1 is 0.973 bits per heavy atom. The number of nitrogens with zero attached hydrogens (tertiary/aromatic N) is 3. The van der Waals surface area contributed by atoms with E-state index in [1.54, 1.807) is 28.8 Å². The maximum atomic E-state index is 13.8. The Balaban J connectivity index is 1.40. The van der Waals surface area contributed by atoms with Crippen LogP contribution in [0.3, 0.4) is 0 Å². The van der Waals surface area contributed by atoms with Crippen molar-refractivity contribution in [3.63, 3.8) is 0 Å². The van der Waals surface area contributed by atoms with Gasteiger partial charge in [0.1, 0.15) is 11.6 Å². The molecule has 4 rings (SSSR count). The monoisotopic (exact) mass is 559 g/mol. The zero-order valence-electron chi connectivity index (χ0n) is 19.2. The highest BCUT2D eigenvalue weighted by atomic mass is 35.5. The Kier molecular flexibility index (Phi) is 8.99. The summed E-state index contributed by atoms with van der Waals surface area (Å²) in [6.07, 6.45) is 0. The molecule has 3 aromatic carbocycles. The second kappa shape index (κ2) is 12.6. The van der Waals surface area contributed by atoms with Crippen LogP contribution in [0.15, 0.2) is 78.0 Å². The molecule has 0 aliphatic heterocycles. The van der Waals surface area contributed by atoms with Gasteiger partial charge in [0.05, 0.1) is 23.0 Å². The van der Waals surface area contributed by atoms with Crippen molar-refractivity contribution in [3.05, 3.63) is 94.5 Å². The minimum atomic E-state index is -0.520. The fraction of sp³-hybridized carbons (Fsp3) is 0.120.